The van der Waals surface area contributed by atoms with Crippen molar-refractivity contribution in [2.24, 2.45) is 0 Å². The van der Waals surface area contributed by atoms with Crippen LogP contribution in [0.25, 0.3) is 0 Å². The zero-order valence-corrected chi connectivity index (χ0v) is 18.1. The van der Waals surface area contributed by atoms with Gasteiger partial charge < -0.3 is 4.90 Å². The third kappa shape index (κ3) is 4.41. The van der Waals surface area contributed by atoms with E-state index in [9.17, 15) is 29.8 Å². The largest absolute Gasteiger partial charge is 0.333 e. The Morgan fingerprint density at radius 3 is 2.52 bits per heavy atom. The summed E-state index contributed by atoms with van der Waals surface area (Å²) in [6.45, 7) is 2.18. The molecule has 2 amide bonds. The van der Waals surface area contributed by atoms with E-state index in [-0.39, 0.29) is 22.2 Å². The van der Waals surface area contributed by atoms with E-state index in [2.05, 4.69) is 10.3 Å². The van der Waals surface area contributed by atoms with Crippen molar-refractivity contribution in [1.82, 2.24) is 9.88 Å². The number of thiazole rings is 1. The van der Waals surface area contributed by atoms with E-state index >= 15 is 0 Å². The molecule has 1 aliphatic heterocycles. The number of carbonyl (C=O) groups is 2. The predicted octanol–water partition coefficient (Wildman–Crippen LogP) is 3.72. The number of benzene rings is 2. The molecule has 0 saturated heterocycles. The fraction of sp³-hybridized carbons (Fsp3) is 0.190. The fourth-order valence-corrected chi connectivity index (χ4v) is 4.58. The summed E-state index contributed by atoms with van der Waals surface area (Å²) in [7, 11) is 0. The highest BCUT2D eigenvalue weighted by atomic mass is 32.1. The molecular formula is C21H17N5O6S. The first-order valence-corrected chi connectivity index (χ1v) is 10.6. The number of non-ortho nitro benzene ring substituents is 1. The maximum absolute atomic E-state index is 12.8. The monoisotopic (exact) mass is 467 g/mol. The van der Waals surface area contributed by atoms with Crippen LogP contribution in [0.15, 0.2) is 42.5 Å². The molecule has 11 nitrogen and oxygen atoms in total. The van der Waals surface area contributed by atoms with Gasteiger partial charge >= 0.3 is 0 Å². The van der Waals surface area contributed by atoms with Crippen LogP contribution in [0.2, 0.25) is 0 Å². The molecule has 2 aromatic carbocycles. The number of aromatic nitrogens is 1. The summed E-state index contributed by atoms with van der Waals surface area (Å²) in [5, 5.41) is 25.3. The lowest BCUT2D eigenvalue weighted by atomic mass is 10.0. The second kappa shape index (κ2) is 8.74. The summed E-state index contributed by atoms with van der Waals surface area (Å²) >= 11 is 1.20. The molecule has 1 aromatic heterocycles. The molecule has 0 aliphatic carbocycles. The number of amides is 2. The van der Waals surface area contributed by atoms with Crippen molar-refractivity contribution in [3.8, 4) is 0 Å². The van der Waals surface area contributed by atoms with E-state index in [1.165, 1.54) is 18.3 Å². The molecule has 12 heteroatoms. The molecule has 0 fully saturated rings. The molecule has 1 N–H and O–H groups in total. The van der Waals surface area contributed by atoms with Crippen LogP contribution in [0.1, 0.15) is 36.9 Å². The Hall–Kier alpha value is -4.19. The Bertz CT molecular complexity index is 1290. The minimum atomic E-state index is -0.788. The van der Waals surface area contributed by atoms with Crippen LogP contribution in [-0.4, -0.2) is 38.1 Å². The zero-order chi connectivity index (χ0) is 23.7. The highest BCUT2D eigenvalue weighted by molar-refractivity contribution is 7.15. The minimum Gasteiger partial charge on any atom is -0.333 e. The van der Waals surface area contributed by atoms with Crippen molar-refractivity contribution in [2.75, 3.05) is 11.9 Å². The van der Waals surface area contributed by atoms with Gasteiger partial charge in [-0.15, -0.1) is 0 Å². The number of hydrogen-bond acceptors (Lipinski definition) is 8. The van der Waals surface area contributed by atoms with E-state index in [1.54, 1.807) is 29.2 Å². The first-order chi connectivity index (χ1) is 15.7. The van der Waals surface area contributed by atoms with Crippen molar-refractivity contribution in [2.45, 2.75) is 19.9 Å². The average Bonchev–Trinajstić information content (AvgIpc) is 3.20. The maximum atomic E-state index is 12.8. The summed E-state index contributed by atoms with van der Waals surface area (Å²) < 4.78 is 0. The van der Waals surface area contributed by atoms with Crippen molar-refractivity contribution < 1.29 is 19.4 Å². The van der Waals surface area contributed by atoms with Crippen LogP contribution < -0.4 is 5.32 Å². The number of carbonyl (C=O) groups excluding carboxylic acids is 2. The number of anilines is 1. The number of nitro benzene ring substituents is 2. The Kier molecular flexibility index (Phi) is 5.84. The molecule has 168 valence electrons. The zero-order valence-electron chi connectivity index (χ0n) is 17.3. The van der Waals surface area contributed by atoms with Crippen LogP contribution >= 0.6 is 11.3 Å². The molecule has 1 aliphatic rings. The lowest BCUT2D eigenvalue weighted by molar-refractivity contribution is -0.394. The van der Waals surface area contributed by atoms with Gasteiger partial charge in [-0.1, -0.05) is 29.5 Å². The van der Waals surface area contributed by atoms with E-state index in [0.29, 0.717) is 25.1 Å². The third-order valence-corrected chi connectivity index (χ3v) is 6.27. The number of nitrogens with zero attached hydrogens (tertiary/aromatic N) is 4. The predicted molar refractivity (Wildman–Crippen MR) is 119 cm³/mol. The highest BCUT2D eigenvalue weighted by Gasteiger charge is 2.27. The summed E-state index contributed by atoms with van der Waals surface area (Å²) in [4.78, 5) is 53.3. The lowest BCUT2D eigenvalue weighted by Crippen LogP contribution is -2.35. The van der Waals surface area contributed by atoms with Gasteiger partial charge in [0.15, 0.2) is 5.13 Å². The summed E-state index contributed by atoms with van der Waals surface area (Å²) in [5.41, 5.74) is 0.124. The Morgan fingerprint density at radius 2 is 1.85 bits per heavy atom. The topological polar surface area (TPSA) is 149 Å². The summed E-state index contributed by atoms with van der Waals surface area (Å²) in [6, 6.07) is 10.7. The van der Waals surface area contributed by atoms with Crippen LogP contribution in [0.3, 0.4) is 0 Å². The van der Waals surface area contributed by atoms with Gasteiger partial charge in [0.25, 0.3) is 23.2 Å². The normalized spacial score (nSPS) is 12.7. The first-order valence-electron chi connectivity index (χ1n) is 9.82. The van der Waals surface area contributed by atoms with E-state index in [0.717, 1.165) is 22.7 Å². The van der Waals surface area contributed by atoms with E-state index in [1.807, 2.05) is 6.07 Å². The molecule has 0 bridgehead atoms. The van der Waals surface area contributed by atoms with Gasteiger partial charge in [-0.25, -0.2) is 4.98 Å². The standard InChI is InChI=1S/C21H17N5O6S/c1-12-15(9-14(25(29)30)10-17(12)26(31)32)19(27)23-21-22-16-7-8-24(11-18(16)33-21)20(28)13-5-3-2-4-6-13/h2-6,9-10H,7-8,11H2,1H3,(H,22,23,27). The number of hydrogen-bond donors (Lipinski definition) is 1. The van der Waals surface area contributed by atoms with Gasteiger partial charge in [-0.2, -0.15) is 0 Å². The quantitative estimate of drug-likeness (QED) is 0.444. The average molecular weight is 467 g/mol. The van der Waals surface area contributed by atoms with Crippen molar-refractivity contribution >= 4 is 39.7 Å². The second-order valence-corrected chi connectivity index (χ2v) is 8.42. The molecule has 3 aromatic rings. The van der Waals surface area contributed by atoms with E-state index in [4.69, 9.17) is 0 Å². The number of nitro groups is 2. The molecule has 0 atom stereocenters. The van der Waals surface area contributed by atoms with Crippen molar-refractivity contribution in [3.05, 3.63) is 90.0 Å². The molecule has 33 heavy (non-hydrogen) atoms. The van der Waals surface area contributed by atoms with Crippen LogP contribution in [0, 0.1) is 27.2 Å². The van der Waals surface area contributed by atoms with Crippen LogP contribution in [0.5, 0.6) is 0 Å². The Morgan fingerprint density at radius 1 is 1.12 bits per heavy atom. The Balaban J connectivity index is 1.55. The smallest absolute Gasteiger partial charge is 0.279 e. The number of rotatable bonds is 5. The molecule has 0 saturated carbocycles. The highest BCUT2D eigenvalue weighted by Crippen LogP contribution is 2.31. The van der Waals surface area contributed by atoms with Gasteiger partial charge in [-0.05, 0) is 19.1 Å². The molecule has 0 radical (unpaired) electrons. The van der Waals surface area contributed by atoms with E-state index < -0.39 is 27.1 Å². The van der Waals surface area contributed by atoms with Gasteiger partial charge in [0.2, 0.25) is 0 Å². The third-order valence-electron chi connectivity index (χ3n) is 5.28. The molecule has 0 unspecified atom stereocenters. The molecule has 0 spiro atoms. The van der Waals surface area contributed by atoms with Gasteiger partial charge in [0.1, 0.15) is 0 Å². The van der Waals surface area contributed by atoms with Crippen LogP contribution in [-0.2, 0) is 13.0 Å². The second-order valence-electron chi connectivity index (χ2n) is 7.34. The van der Waals surface area contributed by atoms with Gasteiger partial charge in [0, 0.05) is 35.0 Å². The Labute approximate surface area is 191 Å². The summed E-state index contributed by atoms with van der Waals surface area (Å²) in [5.74, 6) is -0.831. The van der Waals surface area contributed by atoms with Crippen molar-refractivity contribution in [1.29, 1.82) is 0 Å². The maximum Gasteiger partial charge on any atom is 0.279 e. The molecule has 2 heterocycles. The summed E-state index contributed by atoms with van der Waals surface area (Å²) in [6.07, 6.45) is 0.515. The van der Waals surface area contributed by atoms with Crippen LogP contribution in [0.4, 0.5) is 16.5 Å². The lowest BCUT2D eigenvalue weighted by Gasteiger charge is -2.26. The van der Waals surface area contributed by atoms with Gasteiger partial charge in [0.05, 0.1) is 33.7 Å². The fourth-order valence-electron chi connectivity index (χ4n) is 3.57. The minimum absolute atomic E-state index is 0.0176. The number of fused-ring (bicyclic) bond motifs is 1. The molecule has 4 rings (SSSR count). The number of nitrogens with one attached hydrogen (secondary N) is 1. The first kappa shape index (κ1) is 22.0. The molecular weight excluding hydrogens is 450 g/mol. The SMILES string of the molecule is Cc1c(C(=O)Nc2nc3c(s2)CN(C(=O)c2ccccc2)CC3)cc([N+](=O)[O-])cc1[N+](=O)[O-]. The van der Waals surface area contributed by atoms with Crippen molar-refractivity contribution in [3.63, 3.8) is 0 Å². The van der Waals surface area contributed by atoms with Gasteiger partial charge in [-0.3, -0.25) is 35.1 Å².